The molecule has 1 N–H and O–H groups in total. The molecule has 0 saturated heterocycles. The third-order valence-corrected chi connectivity index (χ3v) is 3.11. The minimum Gasteiger partial charge on any atom is -0.386 e. The summed E-state index contributed by atoms with van der Waals surface area (Å²) in [4.78, 5) is 1.85. The van der Waals surface area contributed by atoms with E-state index in [2.05, 4.69) is 5.10 Å². The minimum atomic E-state index is -0.322. The van der Waals surface area contributed by atoms with E-state index in [4.69, 9.17) is 0 Å². The van der Waals surface area contributed by atoms with Gasteiger partial charge in [-0.3, -0.25) is 0 Å². The van der Waals surface area contributed by atoms with Crippen LogP contribution in [0.1, 0.15) is 13.0 Å². The Bertz CT molecular complexity index is 506. The van der Waals surface area contributed by atoms with E-state index in [-0.39, 0.29) is 12.1 Å². The van der Waals surface area contributed by atoms with Crippen molar-refractivity contribution in [3.63, 3.8) is 0 Å². The fraction of sp³-hybridized carbons (Fsp3) is 0.333. The quantitative estimate of drug-likeness (QED) is 0.715. The molecule has 4 nitrogen and oxygen atoms in total. The highest BCUT2D eigenvalue weighted by Crippen LogP contribution is 2.19. The lowest BCUT2D eigenvalue weighted by atomic mass is 10.2. The maximum Gasteiger partial charge on any atom is 0.248 e. The first-order chi connectivity index (χ1) is 7.75. The third kappa shape index (κ3) is 1.34. The maximum absolute atomic E-state index is 9.69. The average Bonchev–Trinajstić information content (AvgIpc) is 2.82. The van der Waals surface area contributed by atoms with Crippen LogP contribution in [0.4, 0.5) is 0 Å². The molecule has 0 saturated carbocycles. The van der Waals surface area contributed by atoms with Crippen LogP contribution in [0.5, 0.6) is 0 Å². The van der Waals surface area contributed by atoms with Crippen LogP contribution in [0.25, 0.3) is 11.3 Å². The van der Waals surface area contributed by atoms with Crippen molar-refractivity contribution in [2.45, 2.75) is 25.6 Å². The molecule has 0 spiro atoms. The van der Waals surface area contributed by atoms with Crippen molar-refractivity contribution in [1.82, 2.24) is 9.90 Å². The van der Waals surface area contributed by atoms with Crippen LogP contribution in [0.15, 0.2) is 36.5 Å². The SMILES string of the molecule is CC1C(O)C[n+]2cc(-c3ccccc3)nn21. The molecule has 4 heteroatoms. The summed E-state index contributed by atoms with van der Waals surface area (Å²) in [6.07, 6.45) is 1.67. The molecule has 1 aromatic carbocycles. The van der Waals surface area contributed by atoms with Gasteiger partial charge >= 0.3 is 0 Å². The summed E-state index contributed by atoms with van der Waals surface area (Å²) < 4.78 is 1.97. The number of hydrogen-bond donors (Lipinski definition) is 1. The number of aromatic nitrogens is 3. The minimum absolute atomic E-state index is 0.0532. The highest BCUT2D eigenvalue weighted by Gasteiger charge is 2.35. The number of rotatable bonds is 1. The zero-order chi connectivity index (χ0) is 11.1. The summed E-state index contributed by atoms with van der Waals surface area (Å²) in [6, 6.07) is 10.1. The van der Waals surface area contributed by atoms with Gasteiger partial charge in [0.15, 0.2) is 6.20 Å². The molecular weight excluding hydrogens is 202 g/mol. The third-order valence-electron chi connectivity index (χ3n) is 3.11. The molecule has 2 unspecified atom stereocenters. The second kappa shape index (κ2) is 3.42. The van der Waals surface area contributed by atoms with Crippen LogP contribution in [0.3, 0.4) is 0 Å². The maximum atomic E-state index is 9.69. The van der Waals surface area contributed by atoms with E-state index in [0.717, 1.165) is 11.3 Å². The lowest BCUT2D eigenvalue weighted by molar-refractivity contribution is -0.765. The smallest absolute Gasteiger partial charge is 0.248 e. The van der Waals surface area contributed by atoms with Gasteiger partial charge in [0.05, 0.1) is 0 Å². The summed E-state index contributed by atoms with van der Waals surface area (Å²) in [5.74, 6) is 0. The van der Waals surface area contributed by atoms with Gasteiger partial charge in [-0.25, -0.2) is 0 Å². The number of hydrogen-bond acceptors (Lipinski definition) is 2. The largest absolute Gasteiger partial charge is 0.386 e. The van der Waals surface area contributed by atoms with Gasteiger partial charge in [0.25, 0.3) is 0 Å². The Kier molecular flexibility index (Phi) is 2.04. The van der Waals surface area contributed by atoms with Crippen molar-refractivity contribution in [1.29, 1.82) is 0 Å². The van der Waals surface area contributed by atoms with Crippen LogP contribution in [0, 0.1) is 0 Å². The zero-order valence-corrected chi connectivity index (χ0v) is 9.11. The molecule has 0 radical (unpaired) electrons. The predicted octanol–water partition coefficient (Wildman–Crippen LogP) is 0.773. The van der Waals surface area contributed by atoms with Crippen molar-refractivity contribution in [3.8, 4) is 11.3 Å². The summed E-state index contributed by atoms with van der Waals surface area (Å²) >= 11 is 0. The molecule has 82 valence electrons. The van der Waals surface area contributed by atoms with Gasteiger partial charge in [-0.05, 0) is 11.7 Å². The molecule has 1 aromatic heterocycles. The average molecular weight is 216 g/mol. The Morgan fingerprint density at radius 3 is 2.81 bits per heavy atom. The summed E-state index contributed by atoms with van der Waals surface area (Å²) in [7, 11) is 0. The van der Waals surface area contributed by atoms with Crippen molar-refractivity contribution in [2.75, 3.05) is 0 Å². The van der Waals surface area contributed by atoms with Crippen LogP contribution in [-0.4, -0.2) is 21.1 Å². The van der Waals surface area contributed by atoms with Gasteiger partial charge in [-0.1, -0.05) is 30.3 Å². The monoisotopic (exact) mass is 216 g/mol. The molecule has 0 aliphatic carbocycles. The molecule has 1 aliphatic rings. The van der Waals surface area contributed by atoms with Crippen LogP contribution >= 0.6 is 0 Å². The lowest BCUT2D eigenvalue weighted by Gasteiger charge is -2.00. The first-order valence-corrected chi connectivity index (χ1v) is 5.48. The molecule has 2 heterocycles. The van der Waals surface area contributed by atoms with Crippen LogP contribution in [-0.2, 0) is 6.54 Å². The standard InChI is InChI=1S/C12H14N3O/c1-9-12(16)8-14-7-11(13-15(9)14)10-5-3-2-4-6-10/h2-7,9,12,16H,8H2,1H3/q+1. The Morgan fingerprint density at radius 2 is 2.12 bits per heavy atom. The van der Waals surface area contributed by atoms with E-state index in [1.54, 1.807) is 0 Å². The van der Waals surface area contributed by atoms with E-state index in [1.165, 1.54) is 0 Å². The van der Waals surface area contributed by atoms with E-state index >= 15 is 0 Å². The lowest BCUT2D eigenvalue weighted by Crippen LogP contribution is -2.37. The topological polar surface area (TPSA) is 41.9 Å². The number of fused-ring (bicyclic) bond motifs is 1. The Balaban J connectivity index is 2.02. The zero-order valence-electron chi connectivity index (χ0n) is 9.11. The molecule has 3 rings (SSSR count). The highest BCUT2D eigenvalue weighted by molar-refractivity contribution is 5.56. The van der Waals surface area contributed by atoms with Crippen molar-refractivity contribution >= 4 is 0 Å². The molecular formula is C12H14N3O+. The van der Waals surface area contributed by atoms with Crippen molar-refractivity contribution in [3.05, 3.63) is 36.5 Å². The normalized spacial score (nSPS) is 23.4. The van der Waals surface area contributed by atoms with E-state index in [9.17, 15) is 5.11 Å². The number of aliphatic hydroxyl groups is 1. The van der Waals surface area contributed by atoms with E-state index < -0.39 is 0 Å². The Morgan fingerprint density at radius 1 is 1.38 bits per heavy atom. The first kappa shape index (κ1) is 9.54. The molecule has 16 heavy (non-hydrogen) atoms. The van der Waals surface area contributed by atoms with Gasteiger partial charge in [0.1, 0.15) is 18.7 Å². The van der Waals surface area contributed by atoms with Gasteiger partial charge in [0, 0.05) is 10.7 Å². The molecule has 2 aromatic rings. The molecule has 0 fully saturated rings. The first-order valence-electron chi connectivity index (χ1n) is 5.48. The van der Waals surface area contributed by atoms with Gasteiger partial charge in [0.2, 0.25) is 5.69 Å². The summed E-state index contributed by atoms with van der Waals surface area (Å²) in [5, 5.41) is 14.2. The molecule has 2 atom stereocenters. The van der Waals surface area contributed by atoms with Gasteiger partial charge < -0.3 is 5.11 Å². The Hall–Kier alpha value is -1.68. The van der Waals surface area contributed by atoms with Crippen molar-refractivity contribution in [2.24, 2.45) is 0 Å². The summed E-state index contributed by atoms with van der Waals surface area (Å²) in [5.41, 5.74) is 2.07. The highest BCUT2D eigenvalue weighted by atomic mass is 16.3. The molecule has 0 bridgehead atoms. The molecule has 1 aliphatic heterocycles. The van der Waals surface area contributed by atoms with Gasteiger partial charge in [-0.15, -0.1) is 0 Å². The van der Waals surface area contributed by atoms with E-state index in [0.29, 0.717) is 6.54 Å². The fourth-order valence-corrected chi connectivity index (χ4v) is 2.09. The number of benzene rings is 1. The number of nitrogens with zero attached hydrogens (tertiary/aromatic N) is 3. The second-order valence-corrected chi connectivity index (χ2v) is 4.23. The van der Waals surface area contributed by atoms with Crippen LogP contribution in [0.2, 0.25) is 0 Å². The Labute approximate surface area is 93.7 Å². The summed E-state index contributed by atoms with van der Waals surface area (Å²) in [6.45, 7) is 2.61. The predicted molar refractivity (Wildman–Crippen MR) is 58.6 cm³/mol. The van der Waals surface area contributed by atoms with E-state index in [1.807, 2.05) is 52.9 Å². The van der Waals surface area contributed by atoms with Gasteiger partial charge in [-0.2, -0.15) is 4.68 Å². The number of aliphatic hydroxyl groups excluding tert-OH is 1. The fourth-order valence-electron chi connectivity index (χ4n) is 2.09. The second-order valence-electron chi connectivity index (χ2n) is 4.23. The molecule has 0 amide bonds. The van der Waals surface area contributed by atoms with Crippen molar-refractivity contribution < 1.29 is 9.79 Å². The van der Waals surface area contributed by atoms with Crippen LogP contribution < -0.4 is 4.68 Å².